The SMILES string of the molecule is CC(Cn1cncn1)NS(=O)(=O)c1ccc(F)c(C#N)c1. The van der Waals surface area contributed by atoms with Gasteiger partial charge in [-0.15, -0.1) is 0 Å². The first-order valence-electron chi connectivity index (χ1n) is 5.97. The fourth-order valence-corrected chi connectivity index (χ4v) is 3.00. The van der Waals surface area contributed by atoms with E-state index in [1.165, 1.54) is 17.3 Å². The summed E-state index contributed by atoms with van der Waals surface area (Å²) in [5.74, 6) is -0.757. The van der Waals surface area contributed by atoms with Crippen molar-refractivity contribution in [3.8, 4) is 6.07 Å². The van der Waals surface area contributed by atoms with Crippen LogP contribution in [0.25, 0.3) is 0 Å². The molecule has 1 unspecified atom stereocenters. The van der Waals surface area contributed by atoms with E-state index in [-0.39, 0.29) is 10.5 Å². The number of nitriles is 1. The highest BCUT2D eigenvalue weighted by Crippen LogP contribution is 2.14. The van der Waals surface area contributed by atoms with Gasteiger partial charge in [0, 0.05) is 6.04 Å². The number of halogens is 1. The maximum Gasteiger partial charge on any atom is 0.240 e. The Balaban J connectivity index is 2.16. The van der Waals surface area contributed by atoms with E-state index in [0.29, 0.717) is 6.54 Å². The first-order valence-corrected chi connectivity index (χ1v) is 7.45. The molecule has 110 valence electrons. The van der Waals surface area contributed by atoms with E-state index in [1.807, 2.05) is 0 Å². The zero-order chi connectivity index (χ0) is 15.5. The molecule has 1 aromatic heterocycles. The summed E-state index contributed by atoms with van der Waals surface area (Å²) in [5.41, 5.74) is -0.318. The van der Waals surface area contributed by atoms with Crippen LogP contribution in [0.15, 0.2) is 35.7 Å². The van der Waals surface area contributed by atoms with Crippen molar-refractivity contribution in [3.05, 3.63) is 42.2 Å². The Bertz CT molecular complexity index is 767. The molecule has 0 radical (unpaired) electrons. The van der Waals surface area contributed by atoms with Gasteiger partial charge in [-0.1, -0.05) is 0 Å². The van der Waals surface area contributed by atoms with E-state index >= 15 is 0 Å². The molecule has 1 heterocycles. The van der Waals surface area contributed by atoms with Crippen LogP contribution in [0.4, 0.5) is 4.39 Å². The van der Waals surface area contributed by atoms with Crippen LogP contribution in [-0.2, 0) is 16.6 Å². The Morgan fingerprint density at radius 2 is 2.29 bits per heavy atom. The third-order valence-corrected chi connectivity index (χ3v) is 4.24. The molecule has 7 nitrogen and oxygen atoms in total. The molecule has 0 bridgehead atoms. The minimum atomic E-state index is -3.84. The molecule has 0 spiro atoms. The van der Waals surface area contributed by atoms with Crippen LogP contribution in [0, 0.1) is 17.1 Å². The molecular formula is C12H12FN5O2S. The third-order valence-electron chi connectivity index (χ3n) is 2.65. The number of nitrogens with zero attached hydrogens (tertiary/aromatic N) is 4. The second-order valence-corrected chi connectivity index (χ2v) is 6.11. The van der Waals surface area contributed by atoms with Crippen molar-refractivity contribution in [2.75, 3.05) is 0 Å². The average molecular weight is 309 g/mol. The second kappa shape index (κ2) is 5.99. The van der Waals surface area contributed by atoms with Crippen LogP contribution in [0.2, 0.25) is 0 Å². The fraction of sp³-hybridized carbons (Fsp3) is 0.250. The molecule has 0 aliphatic carbocycles. The van der Waals surface area contributed by atoms with Crippen LogP contribution < -0.4 is 4.72 Å². The second-order valence-electron chi connectivity index (χ2n) is 4.39. The van der Waals surface area contributed by atoms with E-state index in [0.717, 1.165) is 18.2 Å². The maximum atomic E-state index is 13.2. The van der Waals surface area contributed by atoms with Crippen molar-refractivity contribution < 1.29 is 12.8 Å². The molecule has 1 N–H and O–H groups in total. The summed E-state index contributed by atoms with van der Waals surface area (Å²) in [4.78, 5) is 3.60. The van der Waals surface area contributed by atoms with Crippen molar-refractivity contribution in [1.29, 1.82) is 5.26 Å². The average Bonchev–Trinajstić information content (AvgIpc) is 2.91. The molecule has 0 saturated carbocycles. The zero-order valence-electron chi connectivity index (χ0n) is 11.1. The molecular weight excluding hydrogens is 297 g/mol. The third kappa shape index (κ3) is 3.62. The summed E-state index contributed by atoms with van der Waals surface area (Å²) in [6, 6.07) is 4.22. The van der Waals surface area contributed by atoms with Crippen LogP contribution in [0.1, 0.15) is 12.5 Å². The predicted molar refractivity (Wildman–Crippen MR) is 70.9 cm³/mol. The maximum absolute atomic E-state index is 13.2. The normalized spacial score (nSPS) is 12.8. The summed E-state index contributed by atoms with van der Waals surface area (Å²) >= 11 is 0. The van der Waals surface area contributed by atoms with Gasteiger partial charge in [0.05, 0.1) is 17.0 Å². The predicted octanol–water partition coefficient (Wildman–Crippen LogP) is 0.656. The van der Waals surface area contributed by atoms with Crippen molar-refractivity contribution >= 4 is 10.0 Å². The van der Waals surface area contributed by atoms with E-state index < -0.39 is 21.9 Å². The van der Waals surface area contributed by atoms with Gasteiger partial charge in [0.2, 0.25) is 10.0 Å². The molecule has 9 heteroatoms. The first-order chi connectivity index (χ1) is 9.92. The van der Waals surface area contributed by atoms with Crippen molar-refractivity contribution in [2.45, 2.75) is 24.4 Å². The largest absolute Gasteiger partial charge is 0.251 e. The molecule has 2 rings (SSSR count). The Morgan fingerprint density at radius 1 is 1.52 bits per heavy atom. The van der Waals surface area contributed by atoms with Gasteiger partial charge in [-0.3, -0.25) is 4.68 Å². The van der Waals surface area contributed by atoms with Gasteiger partial charge >= 0.3 is 0 Å². The molecule has 2 aromatic rings. The lowest BCUT2D eigenvalue weighted by atomic mass is 10.2. The van der Waals surface area contributed by atoms with Gasteiger partial charge < -0.3 is 0 Å². The topological polar surface area (TPSA) is 101 Å². The van der Waals surface area contributed by atoms with Crippen molar-refractivity contribution in [1.82, 2.24) is 19.5 Å². The highest BCUT2D eigenvalue weighted by molar-refractivity contribution is 7.89. The summed E-state index contributed by atoms with van der Waals surface area (Å²) in [5, 5.41) is 12.6. The van der Waals surface area contributed by atoms with Crippen molar-refractivity contribution in [2.24, 2.45) is 0 Å². The number of nitrogens with one attached hydrogen (secondary N) is 1. The van der Waals surface area contributed by atoms with E-state index in [1.54, 1.807) is 13.0 Å². The lowest BCUT2D eigenvalue weighted by Crippen LogP contribution is -2.35. The summed E-state index contributed by atoms with van der Waals surface area (Å²) < 4.78 is 41.5. The van der Waals surface area contributed by atoms with Gasteiger partial charge in [0.1, 0.15) is 24.5 Å². The van der Waals surface area contributed by atoms with Gasteiger partial charge in [0.15, 0.2) is 0 Å². The lowest BCUT2D eigenvalue weighted by Gasteiger charge is -2.14. The number of hydrogen-bond acceptors (Lipinski definition) is 5. The van der Waals surface area contributed by atoms with Crippen molar-refractivity contribution in [3.63, 3.8) is 0 Å². The van der Waals surface area contributed by atoms with Crippen LogP contribution in [0.3, 0.4) is 0 Å². The van der Waals surface area contributed by atoms with E-state index in [9.17, 15) is 12.8 Å². The molecule has 0 aliphatic rings. The summed E-state index contributed by atoms with van der Waals surface area (Å²) in [6.45, 7) is 1.96. The molecule has 0 aliphatic heterocycles. The molecule has 21 heavy (non-hydrogen) atoms. The Kier molecular flexibility index (Phi) is 4.30. The quantitative estimate of drug-likeness (QED) is 0.874. The number of sulfonamides is 1. The Morgan fingerprint density at radius 3 is 2.90 bits per heavy atom. The first kappa shape index (κ1) is 15.1. The highest BCUT2D eigenvalue weighted by atomic mass is 32.2. The number of benzene rings is 1. The van der Waals surface area contributed by atoms with Gasteiger partial charge in [-0.25, -0.2) is 22.5 Å². The summed E-state index contributed by atoms with van der Waals surface area (Å²) in [6.07, 6.45) is 2.82. The van der Waals surface area contributed by atoms with Gasteiger partial charge in [-0.05, 0) is 25.1 Å². The standard InChI is InChI=1S/C12H12FN5O2S/c1-9(6-18-8-15-7-16-18)17-21(19,20)11-2-3-12(13)10(4-11)5-14/h2-4,7-9,17H,6H2,1H3. The van der Waals surface area contributed by atoms with E-state index in [2.05, 4.69) is 14.8 Å². The molecule has 0 amide bonds. The zero-order valence-corrected chi connectivity index (χ0v) is 11.9. The number of rotatable bonds is 5. The monoisotopic (exact) mass is 309 g/mol. The minimum Gasteiger partial charge on any atom is -0.251 e. The van der Waals surface area contributed by atoms with Crippen LogP contribution >= 0.6 is 0 Å². The Hall–Kier alpha value is -2.31. The van der Waals surface area contributed by atoms with Crippen LogP contribution in [0.5, 0.6) is 0 Å². The number of aromatic nitrogens is 3. The summed E-state index contributed by atoms with van der Waals surface area (Å²) in [7, 11) is -3.84. The smallest absolute Gasteiger partial charge is 0.240 e. The van der Waals surface area contributed by atoms with Gasteiger partial charge in [-0.2, -0.15) is 10.4 Å². The van der Waals surface area contributed by atoms with Gasteiger partial charge in [0.25, 0.3) is 0 Å². The molecule has 0 saturated heterocycles. The molecule has 1 atom stereocenters. The number of hydrogen-bond donors (Lipinski definition) is 1. The molecule has 0 fully saturated rings. The minimum absolute atomic E-state index is 0.161. The lowest BCUT2D eigenvalue weighted by molar-refractivity contribution is 0.493. The Labute approximate surface area is 121 Å². The van der Waals surface area contributed by atoms with Crippen LogP contribution in [-0.4, -0.2) is 29.2 Å². The highest BCUT2D eigenvalue weighted by Gasteiger charge is 2.19. The fourth-order valence-electron chi connectivity index (χ4n) is 1.73. The molecule has 1 aromatic carbocycles. The van der Waals surface area contributed by atoms with E-state index in [4.69, 9.17) is 5.26 Å².